The molecule has 0 saturated carbocycles. The van der Waals surface area contributed by atoms with E-state index in [1.54, 1.807) is 7.11 Å². The van der Waals surface area contributed by atoms with Gasteiger partial charge < -0.3 is 9.64 Å². The van der Waals surface area contributed by atoms with E-state index < -0.39 is 0 Å². The first-order valence-electron chi connectivity index (χ1n) is 7.08. The average molecular weight is 283 g/mol. The molecule has 2 aromatic rings. The third kappa shape index (κ3) is 2.68. The van der Waals surface area contributed by atoms with Gasteiger partial charge in [-0.1, -0.05) is 6.07 Å². The van der Waals surface area contributed by atoms with Crippen molar-refractivity contribution in [2.45, 2.75) is 19.3 Å². The Morgan fingerprint density at radius 3 is 2.71 bits per heavy atom. The molecule has 3 rings (SSSR count). The maximum absolute atomic E-state index is 9.29. The van der Waals surface area contributed by atoms with E-state index in [1.807, 2.05) is 24.3 Å². The van der Waals surface area contributed by atoms with Gasteiger partial charge in [-0.2, -0.15) is 5.26 Å². The molecule has 1 aromatic carbocycles. The van der Waals surface area contributed by atoms with Crippen LogP contribution in [0.1, 0.15) is 25.0 Å². The summed E-state index contributed by atoms with van der Waals surface area (Å²) in [7, 11) is 1.62. The van der Waals surface area contributed by atoms with Crippen LogP contribution in [0.3, 0.4) is 0 Å². The van der Waals surface area contributed by atoms with Crippen LogP contribution < -0.4 is 9.64 Å². The lowest BCUT2D eigenvalue weighted by Gasteiger charge is -2.26. The molecule has 1 aliphatic rings. The zero-order valence-electron chi connectivity index (χ0n) is 12.0. The van der Waals surface area contributed by atoms with Crippen molar-refractivity contribution in [3.63, 3.8) is 0 Å². The third-order valence-electron chi connectivity index (χ3n) is 3.64. The SMILES string of the molecule is COc1cccc(-n2nc(C#N)c(N3CCCCC3)n2)c1. The molecule has 0 bridgehead atoms. The van der Waals surface area contributed by atoms with Crippen molar-refractivity contribution >= 4 is 5.82 Å². The van der Waals surface area contributed by atoms with Crippen molar-refractivity contribution in [2.24, 2.45) is 0 Å². The highest BCUT2D eigenvalue weighted by molar-refractivity contribution is 5.51. The Morgan fingerprint density at radius 1 is 1.19 bits per heavy atom. The smallest absolute Gasteiger partial charge is 0.207 e. The lowest BCUT2D eigenvalue weighted by Crippen LogP contribution is -2.30. The highest BCUT2D eigenvalue weighted by Gasteiger charge is 2.20. The average Bonchev–Trinajstić information content (AvgIpc) is 3.00. The van der Waals surface area contributed by atoms with Gasteiger partial charge >= 0.3 is 0 Å². The molecular formula is C15H17N5O. The van der Waals surface area contributed by atoms with Crippen molar-refractivity contribution in [3.05, 3.63) is 30.0 Å². The monoisotopic (exact) mass is 283 g/mol. The van der Waals surface area contributed by atoms with Crippen LogP contribution in [0.15, 0.2) is 24.3 Å². The Bertz CT molecular complexity index is 667. The van der Waals surface area contributed by atoms with E-state index in [1.165, 1.54) is 11.2 Å². The van der Waals surface area contributed by atoms with E-state index in [2.05, 4.69) is 21.2 Å². The Hall–Kier alpha value is -2.55. The molecule has 21 heavy (non-hydrogen) atoms. The normalized spacial score (nSPS) is 14.8. The standard InChI is InChI=1S/C15H17N5O/c1-21-13-7-5-6-12(10-13)20-17-14(11-16)15(18-20)19-8-3-2-4-9-19/h5-7,10H,2-4,8-9H2,1H3. The van der Waals surface area contributed by atoms with Gasteiger partial charge in [0.05, 0.1) is 12.8 Å². The minimum Gasteiger partial charge on any atom is -0.497 e. The number of benzene rings is 1. The van der Waals surface area contributed by atoms with E-state index in [-0.39, 0.29) is 0 Å². The highest BCUT2D eigenvalue weighted by Crippen LogP contribution is 2.22. The Kier molecular flexibility index (Phi) is 3.73. The highest BCUT2D eigenvalue weighted by atomic mass is 16.5. The number of nitrogens with zero attached hydrogens (tertiary/aromatic N) is 5. The van der Waals surface area contributed by atoms with Crippen LogP contribution in [0.25, 0.3) is 5.69 Å². The predicted octanol–water partition coefficient (Wildman–Crippen LogP) is 2.14. The topological polar surface area (TPSA) is 67.0 Å². The number of hydrogen-bond acceptors (Lipinski definition) is 5. The number of nitriles is 1. The molecule has 1 fully saturated rings. The molecule has 0 N–H and O–H groups in total. The number of rotatable bonds is 3. The first kappa shape index (κ1) is 13.4. The second-order valence-corrected chi connectivity index (χ2v) is 5.02. The molecule has 0 spiro atoms. The van der Waals surface area contributed by atoms with Crippen LogP contribution in [0.5, 0.6) is 5.75 Å². The number of aromatic nitrogens is 3. The second-order valence-electron chi connectivity index (χ2n) is 5.02. The maximum atomic E-state index is 9.29. The number of hydrogen-bond donors (Lipinski definition) is 0. The van der Waals surface area contributed by atoms with Crippen LogP contribution in [-0.2, 0) is 0 Å². The molecule has 1 saturated heterocycles. The van der Waals surface area contributed by atoms with Crippen LogP contribution in [-0.4, -0.2) is 35.2 Å². The van der Waals surface area contributed by atoms with Crippen molar-refractivity contribution < 1.29 is 4.74 Å². The first-order chi connectivity index (χ1) is 10.3. The van der Waals surface area contributed by atoms with Crippen molar-refractivity contribution in [1.29, 1.82) is 5.26 Å². The molecular weight excluding hydrogens is 266 g/mol. The molecule has 6 nitrogen and oxygen atoms in total. The molecule has 2 heterocycles. The quantitative estimate of drug-likeness (QED) is 0.863. The van der Waals surface area contributed by atoms with Gasteiger partial charge in [0.1, 0.15) is 11.8 Å². The molecule has 0 aliphatic carbocycles. The minimum atomic E-state index is 0.375. The van der Waals surface area contributed by atoms with Gasteiger partial charge in [-0.05, 0) is 31.4 Å². The molecule has 0 unspecified atom stereocenters. The number of anilines is 1. The summed E-state index contributed by atoms with van der Waals surface area (Å²) in [4.78, 5) is 3.65. The molecule has 6 heteroatoms. The van der Waals surface area contributed by atoms with E-state index in [0.29, 0.717) is 11.5 Å². The molecule has 0 amide bonds. The molecule has 0 atom stereocenters. The Balaban J connectivity index is 1.96. The van der Waals surface area contributed by atoms with Gasteiger partial charge in [-0.15, -0.1) is 15.0 Å². The summed E-state index contributed by atoms with van der Waals surface area (Å²) >= 11 is 0. The van der Waals surface area contributed by atoms with Gasteiger partial charge in [-0.25, -0.2) is 0 Å². The second kappa shape index (κ2) is 5.83. The van der Waals surface area contributed by atoms with Crippen LogP contribution in [0.4, 0.5) is 5.82 Å². The predicted molar refractivity (Wildman–Crippen MR) is 78.7 cm³/mol. The van der Waals surface area contributed by atoms with Gasteiger partial charge in [-0.3, -0.25) is 0 Å². The summed E-state index contributed by atoms with van der Waals surface area (Å²) in [6.07, 6.45) is 3.51. The lowest BCUT2D eigenvalue weighted by atomic mass is 10.1. The summed E-state index contributed by atoms with van der Waals surface area (Å²) < 4.78 is 5.21. The van der Waals surface area contributed by atoms with Crippen LogP contribution in [0.2, 0.25) is 0 Å². The fourth-order valence-electron chi connectivity index (χ4n) is 2.54. The fourth-order valence-corrected chi connectivity index (χ4v) is 2.54. The van der Waals surface area contributed by atoms with E-state index in [0.717, 1.165) is 37.4 Å². The van der Waals surface area contributed by atoms with Gasteiger partial charge in [0.25, 0.3) is 0 Å². The fraction of sp³-hybridized carbons (Fsp3) is 0.400. The van der Waals surface area contributed by atoms with Crippen LogP contribution >= 0.6 is 0 Å². The first-order valence-corrected chi connectivity index (χ1v) is 7.08. The number of piperidine rings is 1. The minimum absolute atomic E-state index is 0.375. The summed E-state index contributed by atoms with van der Waals surface area (Å²) in [6.45, 7) is 1.87. The van der Waals surface area contributed by atoms with Crippen molar-refractivity contribution in [2.75, 3.05) is 25.1 Å². The van der Waals surface area contributed by atoms with Gasteiger partial charge in [0.2, 0.25) is 5.69 Å². The summed E-state index contributed by atoms with van der Waals surface area (Å²) in [5, 5.41) is 18.1. The van der Waals surface area contributed by atoms with E-state index in [4.69, 9.17) is 4.74 Å². The maximum Gasteiger partial charge on any atom is 0.207 e. The Labute approximate surface area is 123 Å². The van der Waals surface area contributed by atoms with Crippen molar-refractivity contribution in [1.82, 2.24) is 15.0 Å². The Morgan fingerprint density at radius 2 is 2.00 bits per heavy atom. The van der Waals surface area contributed by atoms with Gasteiger partial charge in [0.15, 0.2) is 5.82 Å². The summed E-state index contributed by atoms with van der Waals surface area (Å²) in [5.74, 6) is 1.42. The lowest BCUT2D eigenvalue weighted by molar-refractivity contribution is 0.414. The summed E-state index contributed by atoms with van der Waals surface area (Å²) in [6, 6.07) is 9.63. The van der Waals surface area contributed by atoms with E-state index in [9.17, 15) is 5.26 Å². The van der Waals surface area contributed by atoms with Crippen molar-refractivity contribution in [3.8, 4) is 17.5 Å². The number of ether oxygens (including phenoxy) is 1. The number of methoxy groups -OCH3 is 1. The largest absolute Gasteiger partial charge is 0.497 e. The van der Waals surface area contributed by atoms with Crippen LogP contribution in [0, 0.1) is 11.3 Å². The zero-order valence-corrected chi connectivity index (χ0v) is 12.0. The van der Waals surface area contributed by atoms with Gasteiger partial charge in [0, 0.05) is 19.2 Å². The molecule has 0 radical (unpaired) electrons. The van der Waals surface area contributed by atoms with E-state index >= 15 is 0 Å². The molecule has 1 aromatic heterocycles. The zero-order chi connectivity index (χ0) is 14.7. The molecule has 1 aliphatic heterocycles. The summed E-state index contributed by atoms with van der Waals surface area (Å²) in [5.41, 5.74) is 1.16. The molecule has 108 valence electrons. The third-order valence-corrected chi connectivity index (χ3v) is 3.64.